The minimum absolute atomic E-state index is 1.20. The van der Waals surface area contributed by atoms with E-state index in [2.05, 4.69) is 59.7 Å². The van der Waals surface area contributed by atoms with Gasteiger partial charge in [0.25, 0.3) is 0 Å². The van der Waals surface area contributed by atoms with E-state index in [1.165, 1.54) is 47.6 Å². The van der Waals surface area contributed by atoms with Crippen molar-refractivity contribution in [3.8, 4) is 11.1 Å². The van der Waals surface area contributed by atoms with E-state index in [-0.39, 0.29) is 0 Å². The van der Waals surface area contributed by atoms with E-state index in [9.17, 15) is 0 Å². The van der Waals surface area contributed by atoms with Crippen LogP contribution >= 0.6 is 11.8 Å². The third-order valence-electron chi connectivity index (χ3n) is 3.74. The van der Waals surface area contributed by atoms with Gasteiger partial charge in [-0.1, -0.05) is 24.3 Å². The maximum atomic E-state index is 2.49. The summed E-state index contributed by atoms with van der Waals surface area (Å²) in [5, 5.41) is 0. The Morgan fingerprint density at radius 2 is 1.63 bits per heavy atom. The minimum Gasteiger partial charge on any atom is -0.372 e. The van der Waals surface area contributed by atoms with Crippen LogP contribution in [0.1, 0.15) is 12.8 Å². The fourth-order valence-electron chi connectivity index (χ4n) is 2.64. The number of rotatable bonds is 3. The molecule has 0 spiro atoms. The second kappa shape index (κ2) is 5.70. The summed E-state index contributed by atoms with van der Waals surface area (Å²) in [6, 6.07) is 17.7. The topological polar surface area (TPSA) is 3.24 Å². The van der Waals surface area contributed by atoms with Gasteiger partial charge in [-0.3, -0.25) is 0 Å². The Labute approximate surface area is 119 Å². The van der Waals surface area contributed by atoms with Crippen LogP contribution in [-0.4, -0.2) is 19.3 Å². The molecule has 19 heavy (non-hydrogen) atoms. The lowest BCUT2D eigenvalue weighted by atomic mass is 10.1. The van der Waals surface area contributed by atoms with E-state index in [1.54, 1.807) is 11.8 Å². The number of benzene rings is 2. The van der Waals surface area contributed by atoms with E-state index in [1.807, 2.05) is 0 Å². The highest BCUT2D eigenvalue weighted by molar-refractivity contribution is 7.98. The summed E-state index contributed by atoms with van der Waals surface area (Å²) in [6.45, 7) is 2.41. The number of hydrogen-bond donors (Lipinski definition) is 0. The van der Waals surface area contributed by atoms with Gasteiger partial charge in [-0.15, -0.1) is 11.8 Å². The van der Waals surface area contributed by atoms with Gasteiger partial charge in [-0.25, -0.2) is 0 Å². The standard InChI is InChI=1S/C17H19NS/c1-19-17-9-7-14(8-10-17)15-5-4-6-16(13-15)18-11-2-3-12-18/h4-10,13H,2-3,11-12H2,1H3. The molecule has 1 saturated heterocycles. The fraction of sp³-hybridized carbons (Fsp3) is 0.294. The normalized spacial score (nSPS) is 14.9. The monoisotopic (exact) mass is 269 g/mol. The van der Waals surface area contributed by atoms with Crippen LogP contribution in [0.25, 0.3) is 11.1 Å². The zero-order valence-corrected chi connectivity index (χ0v) is 12.1. The van der Waals surface area contributed by atoms with E-state index >= 15 is 0 Å². The molecule has 0 aliphatic carbocycles. The van der Waals surface area contributed by atoms with Crippen LogP contribution in [0.3, 0.4) is 0 Å². The molecule has 0 unspecified atom stereocenters. The maximum absolute atomic E-state index is 2.49. The fourth-order valence-corrected chi connectivity index (χ4v) is 3.05. The first kappa shape index (κ1) is 12.6. The molecule has 2 aromatic carbocycles. The summed E-state index contributed by atoms with van der Waals surface area (Å²) in [7, 11) is 0. The molecular weight excluding hydrogens is 250 g/mol. The molecule has 0 aromatic heterocycles. The molecule has 0 bridgehead atoms. The van der Waals surface area contributed by atoms with Crippen LogP contribution in [-0.2, 0) is 0 Å². The quantitative estimate of drug-likeness (QED) is 0.745. The van der Waals surface area contributed by atoms with Gasteiger partial charge in [0.05, 0.1) is 0 Å². The molecule has 1 aliphatic heterocycles. The predicted octanol–water partition coefficient (Wildman–Crippen LogP) is 4.68. The van der Waals surface area contributed by atoms with E-state index in [0.29, 0.717) is 0 Å². The molecular formula is C17H19NS. The molecule has 1 fully saturated rings. The molecule has 0 atom stereocenters. The Morgan fingerprint density at radius 3 is 2.32 bits per heavy atom. The molecule has 0 radical (unpaired) electrons. The van der Waals surface area contributed by atoms with Crippen LogP contribution in [0.5, 0.6) is 0 Å². The number of nitrogens with zero attached hydrogens (tertiary/aromatic N) is 1. The molecule has 2 heteroatoms. The van der Waals surface area contributed by atoms with E-state index in [4.69, 9.17) is 0 Å². The van der Waals surface area contributed by atoms with Gasteiger partial charge in [0.1, 0.15) is 0 Å². The number of anilines is 1. The Morgan fingerprint density at radius 1 is 0.895 bits per heavy atom. The van der Waals surface area contributed by atoms with Crippen molar-refractivity contribution < 1.29 is 0 Å². The minimum atomic E-state index is 1.20. The molecule has 0 amide bonds. The molecule has 0 saturated carbocycles. The molecule has 1 heterocycles. The van der Waals surface area contributed by atoms with Crippen molar-refractivity contribution in [2.24, 2.45) is 0 Å². The highest BCUT2D eigenvalue weighted by Gasteiger charge is 2.12. The summed E-state index contributed by atoms with van der Waals surface area (Å²) in [5.41, 5.74) is 3.99. The van der Waals surface area contributed by atoms with Gasteiger partial charge in [-0.05, 0) is 54.5 Å². The van der Waals surface area contributed by atoms with Gasteiger partial charge in [0.2, 0.25) is 0 Å². The van der Waals surface area contributed by atoms with Crippen molar-refractivity contribution in [1.82, 2.24) is 0 Å². The Kier molecular flexibility index (Phi) is 3.79. The first-order chi connectivity index (χ1) is 9.36. The largest absolute Gasteiger partial charge is 0.372 e. The van der Waals surface area contributed by atoms with Crippen LogP contribution < -0.4 is 4.90 Å². The van der Waals surface area contributed by atoms with Crippen molar-refractivity contribution in [2.45, 2.75) is 17.7 Å². The SMILES string of the molecule is CSc1ccc(-c2cccc(N3CCCC3)c2)cc1. The molecule has 1 aliphatic rings. The Hall–Kier alpha value is -1.41. The van der Waals surface area contributed by atoms with Crippen molar-refractivity contribution in [3.63, 3.8) is 0 Å². The Balaban J connectivity index is 1.89. The van der Waals surface area contributed by atoms with E-state index < -0.39 is 0 Å². The first-order valence-corrected chi connectivity index (χ1v) is 8.09. The van der Waals surface area contributed by atoms with Crippen molar-refractivity contribution in [3.05, 3.63) is 48.5 Å². The lowest BCUT2D eigenvalue weighted by Gasteiger charge is -2.18. The second-order valence-corrected chi connectivity index (χ2v) is 5.85. The molecule has 3 rings (SSSR count). The van der Waals surface area contributed by atoms with Crippen molar-refractivity contribution in [1.29, 1.82) is 0 Å². The molecule has 0 N–H and O–H groups in total. The highest BCUT2D eigenvalue weighted by atomic mass is 32.2. The smallest absolute Gasteiger partial charge is 0.0372 e. The van der Waals surface area contributed by atoms with Gasteiger partial charge < -0.3 is 4.90 Å². The van der Waals surface area contributed by atoms with Gasteiger partial charge in [-0.2, -0.15) is 0 Å². The molecule has 98 valence electrons. The lowest BCUT2D eigenvalue weighted by molar-refractivity contribution is 0.949. The third kappa shape index (κ3) is 2.79. The zero-order chi connectivity index (χ0) is 13.1. The summed E-state index contributed by atoms with van der Waals surface area (Å²) in [4.78, 5) is 3.80. The number of thioether (sulfide) groups is 1. The summed E-state index contributed by atoms with van der Waals surface area (Å²) in [6.07, 6.45) is 4.77. The van der Waals surface area contributed by atoms with Crippen LogP contribution in [0, 0.1) is 0 Å². The number of hydrogen-bond acceptors (Lipinski definition) is 2. The Bertz CT molecular complexity index is 541. The van der Waals surface area contributed by atoms with Crippen LogP contribution in [0.15, 0.2) is 53.4 Å². The zero-order valence-electron chi connectivity index (χ0n) is 11.3. The predicted molar refractivity (Wildman–Crippen MR) is 85.1 cm³/mol. The molecule has 2 aromatic rings. The van der Waals surface area contributed by atoms with Gasteiger partial charge in [0, 0.05) is 23.7 Å². The van der Waals surface area contributed by atoms with Crippen LogP contribution in [0.4, 0.5) is 5.69 Å². The summed E-state index contributed by atoms with van der Waals surface area (Å²) in [5.74, 6) is 0. The summed E-state index contributed by atoms with van der Waals surface area (Å²) >= 11 is 1.79. The van der Waals surface area contributed by atoms with Crippen molar-refractivity contribution in [2.75, 3.05) is 24.2 Å². The average Bonchev–Trinajstić information content (AvgIpc) is 3.02. The lowest BCUT2D eigenvalue weighted by Crippen LogP contribution is -2.17. The maximum Gasteiger partial charge on any atom is 0.0372 e. The summed E-state index contributed by atoms with van der Waals surface area (Å²) < 4.78 is 0. The van der Waals surface area contributed by atoms with Crippen LogP contribution in [0.2, 0.25) is 0 Å². The third-order valence-corrected chi connectivity index (χ3v) is 4.48. The first-order valence-electron chi connectivity index (χ1n) is 6.86. The average molecular weight is 269 g/mol. The van der Waals surface area contributed by atoms with E-state index in [0.717, 1.165) is 0 Å². The highest BCUT2D eigenvalue weighted by Crippen LogP contribution is 2.28. The van der Waals surface area contributed by atoms with Crippen molar-refractivity contribution >= 4 is 17.4 Å². The molecule has 1 nitrogen and oxygen atoms in total. The second-order valence-electron chi connectivity index (χ2n) is 4.97. The van der Waals surface area contributed by atoms with Gasteiger partial charge >= 0.3 is 0 Å². The van der Waals surface area contributed by atoms with Gasteiger partial charge in [0.15, 0.2) is 0 Å².